The second kappa shape index (κ2) is 7.82. The summed E-state index contributed by atoms with van der Waals surface area (Å²) in [7, 11) is 0. The molecule has 6 heteroatoms. The molecule has 0 radical (unpaired) electrons. The summed E-state index contributed by atoms with van der Waals surface area (Å²) in [6.07, 6.45) is 0. The molecule has 0 N–H and O–H groups in total. The summed E-state index contributed by atoms with van der Waals surface area (Å²) < 4.78 is 12.4. The zero-order valence-corrected chi connectivity index (χ0v) is 15.1. The van der Waals surface area contributed by atoms with Crippen molar-refractivity contribution in [2.45, 2.75) is 27.4 Å². The minimum atomic E-state index is -0.483. The Bertz CT molecular complexity index is 901. The Balaban J connectivity index is 1.73. The number of aromatic nitrogens is 3. The van der Waals surface area contributed by atoms with E-state index in [4.69, 9.17) is 9.47 Å². The minimum absolute atomic E-state index is 0.209. The highest BCUT2D eigenvalue weighted by molar-refractivity contribution is 5.88. The molecule has 0 atom stereocenters. The van der Waals surface area contributed by atoms with Crippen molar-refractivity contribution in [3.8, 4) is 11.4 Å². The molecule has 0 aliphatic carbocycles. The maximum atomic E-state index is 12.4. The highest BCUT2D eigenvalue weighted by Gasteiger charge is 2.19. The summed E-state index contributed by atoms with van der Waals surface area (Å²) >= 11 is 0. The molecule has 134 valence electrons. The molecule has 0 saturated carbocycles. The number of aryl methyl sites for hydroxylation is 1. The van der Waals surface area contributed by atoms with Crippen molar-refractivity contribution in [3.05, 3.63) is 71.0 Å². The van der Waals surface area contributed by atoms with Crippen LogP contribution in [0, 0.1) is 13.8 Å². The molecule has 0 spiro atoms. The number of carbonyl (C=O) groups excluding carboxylic acids is 1. The third kappa shape index (κ3) is 3.74. The molecule has 26 heavy (non-hydrogen) atoms. The zero-order chi connectivity index (χ0) is 18.5. The first-order valence-electron chi connectivity index (χ1n) is 8.47. The van der Waals surface area contributed by atoms with Crippen molar-refractivity contribution in [2.75, 3.05) is 6.61 Å². The van der Waals surface area contributed by atoms with Crippen LogP contribution < -0.4 is 4.74 Å². The number of carbonyl (C=O) groups is 1. The van der Waals surface area contributed by atoms with Crippen LogP contribution in [-0.2, 0) is 11.3 Å². The zero-order valence-electron chi connectivity index (χ0n) is 15.1. The second-order valence-corrected chi connectivity index (χ2v) is 5.86. The smallest absolute Gasteiger partial charge is 0.361 e. The van der Waals surface area contributed by atoms with E-state index in [0.717, 1.165) is 22.6 Å². The molecule has 1 aromatic heterocycles. The van der Waals surface area contributed by atoms with Gasteiger partial charge in [-0.05, 0) is 56.2 Å². The summed E-state index contributed by atoms with van der Waals surface area (Å²) in [5.41, 5.74) is 3.69. The molecule has 3 aromatic rings. The third-order valence-corrected chi connectivity index (χ3v) is 4.10. The fraction of sp³-hybridized carbons (Fsp3) is 0.250. The largest absolute Gasteiger partial charge is 0.494 e. The lowest BCUT2D eigenvalue weighted by molar-refractivity contribution is 0.0464. The van der Waals surface area contributed by atoms with Crippen molar-refractivity contribution < 1.29 is 14.3 Å². The first-order chi connectivity index (χ1) is 12.6. The van der Waals surface area contributed by atoms with Crippen LogP contribution >= 0.6 is 0 Å². The predicted octanol–water partition coefficient (Wildman–Crippen LogP) is 3.64. The van der Waals surface area contributed by atoms with E-state index < -0.39 is 5.97 Å². The van der Waals surface area contributed by atoms with Crippen LogP contribution in [0.4, 0.5) is 0 Å². The van der Waals surface area contributed by atoms with Gasteiger partial charge >= 0.3 is 5.97 Å². The Kier molecular flexibility index (Phi) is 5.31. The molecular formula is C20H21N3O3. The van der Waals surface area contributed by atoms with E-state index in [1.165, 1.54) is 0 Å². The summed E-state index contributed by atoms with van der Waals surface area (Å²) in [5.74, 6) is 0.301. The molecule has 3 rings (SSSR count). The molecule has 0 fully saturated rings. The summed E-state index contributed by atoms with van der Waals surface area (Å²) in [6.45, 7) is 6.53. The van der Waals surface area contributed by atoms with Crippen molar-refractivity contribution in [1.82, 2.24) is 15.0 Å². The number of nitrogens with zero attached hydrogens (tertiary/aromatic N) is 3. The number of ether oxygens (including phenoxy) is 2. The lowest BCUT2D eigenvalue weighted by atomic mass is 10.1. The van der Waals surface area contributed by atoms with Gasteiger partial charge in [0.25, 0.3) is 0 Å². The van der Waals surface area contributed by atoms with E-state index in [0.29, 0.717) is 12.3 Å². The Hall–Kier alpha value is -3.15. The molecule has 6 nitrogen and oxygen atoms in total. The minimum Gasteiger partial charge on any atom is -0.494 e. The quantitative estimate of drug-likeness (QED) is 0.634. The van der Waals surface area contributed by atoms with Crippen LogP contribution in [-0.4, -0.2) is 27.6 Å². The first kappa shape index (κ1) is 17.7. The predicted molar refractivity (Wildman–Crippen MR) is 97.6 cm³/mol. The van der Waals surface area contributed by atoms with E-state index in [-0.39, 0.29) is 12.3 Å². The van der Waals surface area contributed by atoms with Gasteiger partial charge in [-0.3, -0.25) is 0 Å². The molecule has 1 heterocycles. The normalized spacial score (nSPS) is 10.6. The Labute approximate surface area is 152 Å². The van der Waals surface area contributed by atoms with Crippen LogP contribution in [0.5, 0.6) is 5.75 Å². The molecule has 0 saturated heterocycles. The monoisotopic (exact) mass is 351 g/mol. The maximum absolute atomic E-state index is 12.4. The topological polar surface area (TPSA) is 66.2 Å². The van der Waals surface area contributed by atoms with Crippen LogP contribution in [0.15, 0.2) is 48.5 Å². The lowest BCUT2D eigenvalue weighted by Crippen LogP contribution is -2.09. The molecule has 0 amide bonds. The van der Waals surface area contributed by atoms with Gasteiger partial charge in [0.05, 0.1) is 18.0 Å². The average molecular weight is 351 g/mol. The van der Waals surface area contributed by atoms with E-state index in [1.54, 1.807) is 11.6 Å². The van der Waals surface area contributed by atoms with Gasteiger partial charge in [0.15, 0.2) is 5.69 Å². The van der Waals surface area contributed by atoms with Crippen LogP contribution in [0.1, 0.15) is 34.2 Å². The van der Waals surface area contributed by atoms with Crippen LogP contribution in [0.25, 0.3) is 5.69 Å². The second-order valence-electron chi connectivity index (χ2n) is 5.86. The number of hydrogen-bond acceptors (Lipinski definition) is 5. The van der Waals surface area contributed by atoms with Gasteiger partial charge in [-0.15, -0.1) is 5.10 Å². The van der Waals surface area contributed by atoms with Gasteiger partial charge < -0.3 is 9.47 Å². The number of rotatable bonds is 6. The van der Waals surface area contributed by atoms with E-state index in [2.05, 4.69) is 10.3 Å². The first-order valence-corrected chi connectivity index (χ1v) is 8.47. The number of hydrogen-bond donors (Lipinski definition) is 0. The molecule has 2 aromatic carbocycles. The van der Waals surface area contributed by atoms with Crippen LogP contribution in [0.2, 0.25) is 0 Å². The number of benzene rings is 2. The molecule has 0 aliphatic heterocycles. The summed E-state index contributed by atoms with van der Waals surface area (Å²) in [6, 6.07) is 15.2. The van der Waals surface area contributed by atoms with E-state index in [1.807, 2.05) is 62.4 Å². The highest BCUT2D eigenvalue weighted by Crippen LogP contribution is 2.18. The standard InChI is InChI=1S/C20H21N3O3/c1-4-25-18-11-9-17(10-12-18)23-15(3)19(21-22-23)20(24)26-13-16-8-6-5-7-14(16)2/h5-12H,4,13H2,1-3H3. The van der Waals surface area contributed by atoms with Crippen molar-refractivity contribution in [1.29, 1.82) is 0 Å². The van der Waals surface area contributed by atoms with Gasteiger partial charge in [-0.25, -0.2) is 9.48 Å². The fourth-order valence-corrected chi connectivity index (χ4v) is 2.60. The van der Waals surface area contributed by atoms with Gasteiger partial charge in [0, 0.05) is 0 Å². The lowest BCUT2D eigenvalue weighted by Gasteiger charge is -2.07. The molecule has 0 bridgehead atoms. The Morgan fingerprint density at radius 3 is 2.50 bits per heavy atom. The van der Waals surface area contributed by atoms with E-state index >= 15 is 0 Å². The van der Waals surface area contributed by atoms with Gasteiger partial charge in [-0.2, -0.15) is 0 Å². The van der Waals surface area contributed by atoms with Crippen molar-refractivity contribution in [3.63, 3.8) is 0 Å². The molecule has 0 unspecified atom stereocenters. The number of esters is 1. The Morgan fingerprint density at radius 1 is 1.08 bits per heavy atom. The van der Waals surface area contributed by atoms with Gasteiger partial charge in [0.1, 0.15) is 12.4 Å². The van der Waals surface area contributed by atoms with Crippen molar-refractivity contribution in [2.24, 2.45) is 0 Å². The average Bonchev–Trinajstić information content (AvgIpc) is 3.03. The van der Waals surface area contributed by atoms with Gasteiger partial charge in [0.2, 0.25) is 0 Å². The van der Waals surface area contributed by atoms with Gasteiger partial charge in [-0.1, -0.05) is 29.5 Å². The summed E-state index contributed by atoms with van der Waals surface area (Å²) in [4.78, 5) is 12.4. The molecule has 0 aliphatic rings. The van der Waals surface area contributed by atoms with Crippen LogP contribution in [0.3, 0.4) is 0 Å². The fourth-order valence-electron chi connectivity index (χ4n) is 2.60. The third-order valence-electron chi connectivity index (χ3n) is 4.10. The maximum Gasteiger partial charge on any atom is 0.361 e. The molecular weight excluding hydrogens is 330 g/mol. The summed E-state index contributed by atoms with van der Waals surface area (Å²) in [5, 5.41) is 8.07. The Morgan fingerprint density at radius 2 is 1.81 bits per heavy atom. The highest BCUT2D eigenvalue weighted by atomic mass is 16.5. The van der Waals surface area contributed by atoms with Crippen molar-refractivity contribution >= 4 is 5.97 Å². The van der Waals surface area contributed by atoms with E-state index in [9.17, 15) is 4.79 Å². The SMILES string of the molecule is CCOc1ccc(-n2nnc(C(=O)OCc3ccccc3C)c2C)cc1.